The summed E-state index contributed by atoms with van der Waals surface area (Å²) in [6.07, 6.45) is 0. The molecule has 0 radical (unpaired) electrons. The summed E-state index contributed by atoms with van der Waals surface area (Å²) in [6.45, 7) is 0. The first-order chi connectivity index (χ1) is 35.2. The summed E-state index contributed by atoms with van der Waals surface area (Å²) in [4.78, 5) is 21.0. The molecule has 0 bridgehead atoms. The van der Waals surface area contributed by atoms with E-state index in [0.717, 1.165) is 98.8 Å². The zero-order valence-electron chi connectivity index (χ0n) is 38.1. The van der Waals surface area contributed by atoms with Crippen LogP contribution < -0.4 is 0 Å². The van der Waals surface area contributed by atoms with Crippen LogP contribution in [0.4, 0.5) is 0 Å². The highest BCUT2D eigenvalue weighted by atomic mass is 16.3. The summed E-state index contributed by atoms with van der Waals surface area (Å²) >= 11 is 0. The van der Waals surface area contributed by atoms with Crippen molar-refractivity contribution in [1.29, 1.82) is 0 Å². The molecular formula is C66H38N4O. The van der Waals surface area contributed by atoms with Crippen molar-refractivity contribution in [3.05, 3.63) is 231 Å². The van der Waals surface area contributed by atoms with Crippen LogP contribution >= 0.6 is 0 Å². The van der Waals surface area contributed by atoms with Gasteiger partial charge in [-0.05, 0) is 89.8 Å². The van der Waals surface area contributed by atoms with Gasteiger partial charge in [0, 0.05) is 54.7 Å². The van der Waals surface area contributed by atoms with Gasteiger partial charge >= 0.3 is 0 Å². The lowest BCUT2D eigenvalue weighted by molar-refractivity contribution is 0.669. The molecule has 0 saturated carbocycles. The molecule has 3 aromatic heterocycles. The second-order valence-electron chi connectivity index (χ2n) is 18.4. The molecule has 0 fully saturated rings. The van der Waals surface area contributed by atoms with Gasteiger partial charge in [-0.25, -0.2) is 19.9 Å². The van der Waals surface area contributed by atoms with Crippen molar-refractivity contribution in [3.8, 4) is 56.5 Å². The number of hydrogen-bond donors (Lipinski definition) is 0. The Labute approximate surface area is 407 Å². The van der Waals surface area contributed by atoms with Gasteiger partial charge in [0.15, 0.2) is 17.5 Å². The topological polar surface area (TPSA) is 64.7 Å². The molecule has 0 N–H and O–H groups in total. The third-order valence-corrected chi connectivity index (χ3v) is 14.5. The fourth-order valence-corrected chi connectivity index (χ4v) is 11.2. The summed E-state index contributed by atoms with van der Waals surface area (Å²) in [6, 6.07) is 81.6. The van der Waals surface area contributed by atoms with E-state index in [1.165, 1.54) is 37.7 Å². The van der Waals surface area contributed by atoms with E-state index >= 15 is 0 Å². The van der Waals surface area contributed by atoms with Gasteiger partial charge in [0.05, 0.1) is 11.2 Å². The Kier molecular flexibility index (Phi) is 8.59. The quantitative estimate of drug-likeness (QED) is 0.161. The standard InChI is InChI=1S/C66H38N4O/c1-2-16-40(17-3-1)64-68-65(70-66(69-64)55-36-42-18-4-5-19-44(42)45-20-6-11-25-50(45)55)41-32-30-39(31-33-41)63-56-38-59-62(53-27-13-15-29-58(53)71-59)60(61(56)52-26-12-14-28-57(52)67-63)43-34-35-51-48-23-8-7-21-46(48)47-22-9-10-24-49(47)54(51)37-43/h1-38H. The van der Waals surface area contributed by atoms with Gasteiger partial charge in [0.2, 0.25) is 0 Å². The zero-order chi connectivity index (χ0) is 46.6. The van der Waals surface area contributed by atoms with E-state index < -0.39 is 0 Å². The second kappa shape index (κ2) is 15.5. The Morgan fingerprint density at radius 3 is 1.49 bits per heavy atom. The van der Waals surface area contributed by atoms with Crippen molar-refractivity contribution in [2.75, 3.05) is 0 Å². The molecule has 3 heterocycles. The average Bonchev–Trinajstić information content (AvgIpc) is 3.82. The maximum Gasteiger partial charge on any atom is 0.164 e. The molecule has 328 valence electrons. The van der Waals surface area contributed by atoms with Crippen molar-refractivity contribution in [2.24, 2.45) is 0 Å². The Morgan fingerprint density at radius 1 is 0.268 bits per heavy atom. The minimum atomic E-state index is 0.594. The van der Waals surface area contributed by atoms with Crippen molar-refractivity contribution in [2.45, 2.75) is 0 Å². The van der Waals surface area contributed by atoms with Gasteiger partial charge < -0.3 is 4.42 Å². The van der Waals surface area contributed by atoms with E-state index in [-0.39, 0.29) is 0 Å². The molecule has 0 aliphatic rings. The Bertz CT molecular complexity index is 4660. The predicted octanol–water partition coefficient (Wildman–Crippen LogP) is 17.6. The van der Waals surface area contributed by atoms with Crippen LogP contribution in [0.2, 0.25) is 0 Å². The summed E-state index contributed by atoms with van der Waals surface area (Å²) in [5, 5.41) is 17.4. The minimum absolute atomic E-state index is 0.594. The molecule has 5 nitrogen and oxygen atoms in total. The number of para-hydroxylation sites is 2. The van der Waals surface area contributed by atoms with E-state index in [9.17, 15) is 0 Å². The van der Waals surface area contributed by atoms with Gasteiger partial charge in [-0.1, -0.05) is 200 Å². The third kappa shape index (κ3) is 6.13. The SMILES string of the molecule is c1ccc(-c2nc(-c3ccc(-c4nc5ccccc5c5c(-c6ccc7c8ccccc8c8ccccc8c7c6)c6c(cc45)oc4ccccc46)cc3)nc(-c3cc4ccccc4c4ccccc34)n2)cc1. The van der Waals surface area contributed by atoms with Crippen LogP contribution in [-0.4, -0.2) is 19.9 Å². The molecule has 5 heteroatoms. The molecule has 0 aliphatic heterocycles. The number of pyridine rings is 1. The van der Waals surface area contributed by atoms with Gasteiger partial charge in [0.1, 0.15) is 11.2 Å². The molecule has 0 spiro atoms. The second-order valence-corrected chi connectivity index (χ2v) is 18.4. The van der Waals surface area contributed by atoms with Gasteiger partial charge in [-0.15, -0.1) is 0 Å². The van der Waals surface area contributed by atoms with Gasteiger partial charge in [0.25, 0.3) is 0 Å². The summed E-state index contributed by atoms with van der Waals surface area (Å²) in [5.74, 6) is 1.84. The number of aromatic nitrogens is 4. The average molecular weight is 903 g/mol. The first kappa shape index (κ1) is 39.4. The molecule has 0 saturated heterocycles. The lowest BCUT2D eigenvalue weighted by Gasteiger charge is -2.17. The van der Waals surface area contributed by atoms with Crippen molar-refractivity contribution in [1.82, 2.24) is 19.9 Å². The molecule has 15 rings (SSSR count). The van der Waals surface area contributed by atoms with E-state index in [2.05, 4.69) is 206 Å². The highest BCUT2D eigenvalue weighted by Crippen LogP contribution is 2.48. The number of nitrogens with zero attached hydrogens (tertiary/aromatic N) is 4. The Balaban J connectivity index is 0.957. The van der Waals surface area contributed by atoms with Crippen molar-refractivity contribution < 1.29 is 4.42 Å². The predicted molar refractivity (Wildman–Crippen MR) is 295 cm³/mol. The van der Waals surface area contributed by atoms with Gasteiger partial charge in [-0.2, -0.15) is 0 Å². The van der Waals surface area contributed by atoms with E-state index in [1.54, 1.807) is 0 Å². The van der Waals surface area contributed by atoms with E-state index in [1.807, 2.05) is 24.3 Å². The maximum atomic E-state index is 6.81. The Hall–Kier alpha value is -9.58. The Morgan fingerprint density at radius 2 is 0.775 bits per heavy atom. The fourth-order valence-electron chi connectivity index (χ4n) is 11.2. The van der Waals surface area contributed by atoms with Crippen LogP contribution in [0, 0.1) is 0 Å². The monoisotopic (exact) mass is 902 g/mol. The molecule has 0 atom stereocenters. The molecular weight excluding hydrogens is 865 g/mol. The first-order valence-corrected chi connectivity index (χ1v) is 24.0. The summed E-state index contributed by atoms with van der Waals surface area (Å²) < 4.78 is 6.81. The number of fused-ring (bicyclic) bond motifs is 15. The summed E-state index contributed by atoms with van der Waals surface area (Å²) in [7, 11) is 0. The van der Waals surface area contributed by atoms with Crippen LogP contribution in [0.3, 0.4) is 0 Å². The number of benzene rings is 12. The number of hydrogen-bond acceptors (Lipinski definition) is 5. The molecule has 12 aromatic carbocycles. The smallest absolute Gasteiger partial charge is 0.164 e. The first-order valence-electron chi connectivity index (χ1n) is 24.0. The number of rotatable bonds is 5. The van der Waals surface area contributed by atoms with Crippen molar-refractivity contribution >= 4 is 97.5 Å². The highest BCUT2D eigenvalue weighted by molar-refractivity contribution is 6.30. The fraction of sp³-hybridized carbons (Fsp3) is 0. The number of furan rings is 1. The minimum Gasteiger partial charge on any atom is -0.456 e. The van der Waals surface area contributed by atoms with Crippen LogP contribution in [-0.2, 0) is 0 Å². The van der Waals surface area contributed by atoms with Crippen LogP contribution in [0.15, 0.2) is 235 Å². The summed E-state index contributed by atoms with van der Waals surface area (Å²) in [5.41, 5.74) is 9.44. The lowest BCUT2D eigenvalue weighted by atomic mass is 9.87. The van der Waals surface area contributed by atoms with E-state index in [4.69, 9.17) is 24.4 Å². The van der Waals surface area contributed by atoms with Crippen LogP contribution in [0.5, 0.6) is 0 Å². The van der Waals surface area contributed by atoms with Crippen LogP contribution in [0.25, 0.3) is 154 Å². The van der Waals surface area contributed by atoms with Gasteiger partial charge in [-0.3, -0.25) is 0 Å². The molecule has 0 amide bonds. The van der Waals surface area contributed by atoms with E-state index in [0.29, 0.717) is 17.5 Å². The molecule has 0 aliphatic carbocycles. The van der Waals surface area contributed by atoms with Crippen LogP contribution in [0.1, 0.15) is 0 Å². The lowest BCUT2D eigenvalue weighted by Crippen LogP contribution is -2.01. The molecule has 15 aromatic rings. The largest absolute Gasteiger partial charge is 0.456 e. The normalized spacial score (nSPS) is 11.9. The molecule has 0 unspecified atom stereocenters. The zero-order valence-corrected chi connectivity index (χ0v) is 38.1. The van der Waals surface area contributed by atoms with Crippen molar-refractivity contribution in [3.63, 3.8) is 0 Å². The maximum absolute atomic E-state index is 6.81. The molecule has 71 heavy (non-hydrogen) atoms. The highest BCUT2D eigenvalue weighted by Gasteiger charge is 2.23. The third-order valence-electron chi connectivity index (χ3n) is 14.5.